The Morgan fingerprint density at radius 1 is 1.17 bits per heavy atom. The molecule has 1 aromatic heterocycles. The number of anilines is 1. The third-order valence-corrected chi connectivity index (χ3v) is 4.93. The number of halogens is 1. The van der Waals surface area contributed by atoms with E-state index < -0.39 is 0 Å². The molecular weight excluding hydrogens is 311 g/mol. The van der Waals surface area contributed by atoms with Crippen LogP contribution in [0.4, 0.5) is 10.1 Å². The van der Waals surface area contributed by atoms with Crippen LogP contribution in [0.25, 0.3) is 21.8 Å². The number of rotatable bonds is 2. The smallest absolute Gasteiger partial charge is 0.231 e. The van der Waals surface area contributed by atoms with E-state index in [1.54, 1.807) is 6.07 Å². The maximum atomic E-state index is 13.4. The van der Waals surface area contributed by atoms with E-state index in [2.05, 4.69) is 10.3 Å². The number of benzene rings is 2. The molecule has 2 aromatic carbocycles. The van der Waals surface area contributed by atoms with E-state index in [1.165, 1.54) is 23.5 Å². The molecule has 4 rings (SSSR count). The lowest BCUT2D eigenvalue weighted by Crippen LogP contribution is -2.08. The van der Waals surface area contributed by atoms with Crippen molar-refractivity contribution in [3.05, 3.63) is 59.2 Å². The van der Waals surface area contributed by atoms with Gasteiger partial charge < -0.3 is 5.32 Å². The van der Waals surface area contributed by atoms with Crippen molar-refractivity contribution in [2.24, 2.45) is 0 Å². The summed E-state index contributed by atoms with van der Waals surface area (Å²) in [5.41, 5.74) is 4.43. The van der Waals surface area contributed by atoms with Gasteiger partial charge in [-0.3, -0.25) is 4.79 Å². The van der Waals surface area contributed by atoms with Crippen LogP contribution in [0.15, 0.2) is 47.8 Å². The molecule has 1 aliphatic heterocycles. The number of hydrogen-bond acceptors (Lipinski definition) is 3. The second kappa shape index (κ2) is 5.28. The fourth-order valence-corrected chi connectivity index (χ4v) is 3.56. The van der Waals surface area contributed by atoms with Gasteiger partial charge in [0.25, 0.3) is 0 Å². The zero-order valence-electron chi connectivity index (χ0n) is 12.3. The molecule has 0 aliphatic carbocycles. The molecule has 114 valence electrons. The topological polar surface area (TPSA) is 42.0 Å². The normalized spacial score (nSPS) is 16.3. The van der Waals surface area contributed by atoms with Gasteiger partial charge in [0.2, 0.25) is 5.91 Å². The zero-order chi connectivity index (χ0) is 16.0. The Hall–Kier alpha value is -2.53. The van der Waals surface area contributed by atoms with Crippen LogP contribution >= 0.6 is 11.3 Å². The Morgan fingerprint density at radius 2 is 2.04 bits per heavy atom. The van der Waals surface area contributed by atoms with Crippen LogP contribution in [-0.4, -0.2) is 10.9 Å². The van der Waals surface area contributed by atoms with Crippen LogP contribution in [0.3, 0.4) is 0 Å². The van der Waals surface area contributed by atoms with Gasteiger partial charge in [-0.2, -0.15) is 0 Å². The Bertz CT molecular complexity index is 919. The SMILES string of the molecule is C[C@@H]1C(=O)Nc2ccc(-c3csc(-c4cccc(F)c4)n3)cc21. The van der Waals surface area contributed by atoms with Crippen LogP contribution < -0.4 is 5.32 Å². The van der Waals surface area contributed by atoms with E-state index in [0.29, 0.717) is 0 Å². The minimum atomic E-state index is -0.268. The van der Waals surface area contributed by atoms with Crippen LogP contribution in [0.2, 0.25) is 0 Å². The lowest BCUT2D eigenvalue weighted by atomic mass is 9.99. The average Bonchev–Trinajstić information content (AvgIpc) is 3.14. The van der Waals surface area contributed by atoms with Gasteiger partial charge in [-0.05, 0) is 36.8 Å². The maximum Gasteiger partial charge on any atom is 0.231 e. The molecule has 0 fully saturated rings. The largest absolute Gasteiger partial charge is 0.325 e. The van der Waals surface area contributed by atoms with Crippen LogP contribution in [-0.2, 0) is 4.79 Å². The Morgan fingerprint density at radius 3 is 2.87 bits per heavy atom. The predicted molar refractivity (Wildman–Crippen MR) is 90.0 cm³/mol. The molecule has 3 aromatic rings. The first kappa shape index (κ1) is 14.1. The van der Waals surface area contributed by atoms with E-state index >= 15 is 0 Å². The first-order chi connectivity index (χ1) is 11.1. The summed E-state index contributed by atoms with van der Waals surface area (Å²) in [6.07, 6.45) is 0. The average molecular weight is 324 g/mol. The first-order valence-electron chi connectivity index (χ1n) is 7.28. The second-order valence-electron chi connectivity index (χ2n) is 5.56. The number of thiazole rings is 1. The van der Waals surface area contributed by atoms with Crippen molar-refractivity contribution in [2.45, 2.75) is 12.8 Å². The highest BCUT2D eigenvalue weighted by Crippen LogP contribution is 2.36. The van der Waals surface area contributed by atoms with Crippen molar-refractivity contribution in [3.63, 3.8) is 0 Å². The van der Waals surface area contributed by atoms with Gasteiger partial charge in [0.15, 0.2) is 0 Å². The Balaban J connectivity index is 1.72. The quantitative estimate of drug-likeness (QED) is 0.744. The summed E-state index contributed by atoms with van der Waals surface area (Å²) in [5.74, 6) is -0.391. The number of amides is 1. The van der Waals surface area contributed by atoms with Gasteiger partial charge in [0.1, 0.15) is 10.8 Å². The monoisotopic (exact) mass is 324 g/mol. The highest BCUT2D eigenvalue weighted by Gasteiger charge is 2.26. The summed E-state index contributed by atoms with van der Waals surface area (Å²) in [6, 6.07) is 12.3. The van der Waals surface area contributed by atoms with Crippen molar-refractivity contribution >= 4 is 22.9 Å². The van der Waals surface area contributed by atoms with Gasteiger partial charge in [-0.1, -0.05) is 18.2 Å². The van der Waals surface area contributed by atoms with Crippen molar-refractivity contribution < 1.29 is 9.18 Å². The maximum absolute atomic E-state index is 13.4. The fraction of sp³-hybridized carbons (Fsp3) is 0.111. The van der Waals surface area contributed by atoms with Gasteiger partial charge in [-0.15, -0.1) is 11.3 Å². The van der Waals surface area contributed by atoms with Gasteiger partial charge >= 0.3 is 0 Å². The van der Waals surface area contributed by atoms with Crippen molar-refractivity contribution in [3.8, 4) is 21.8 Å². The highest BCUT2D eigenvalue weighted by atomic mass is 32.1. The zero-order valence-corrected chi connectivity index (χ0v) is 13.2. The molecule has 0 bridgehead atoms. The molecule has 23 heavy (non-hydrogen) atoms. The summed E-state index contributed by atoms with van der Waals surface area (Å²) in [4.78, 5) is 16.3. The molecular formula is C18H13FN2OS. The molecule has 1 aliphatic rings. The molecule has 1 atom stereocenters. The number of hydrogen-bond donors (Lipinski definition) is 1. The van der Waals surface area contributed by atoms with Crippen LogP contribution in [0, 0.1) is 5.82 Å². The summed E-state index contributed by atoms with van der Waals surface area (Å²) >= 11 is 1.48. The summed E-state index contributed by atoms with van der Waals surface area (Å²) in [7, 11) is 0. The number of aromatic nitrogens is 1. The molecule has 5 heteroatoms. The minimum Gasteiger partial charge on any atom is -0.325 e. The molecule has 0 radical (unpaired) electrons. The van der Waals surface area contributed by atoms with Crippen molar-refractivity contribution in [1.82, 2.24) is 4.98 Å². The third kappa shape index (κ3) is 2.43. The summed E-state index contributed by atoms with van der Waals surface area (Å²) in [6.45, 7) is 1.89. The standard InChI is InChI=1S/C18H13FN2OS/c1-10-14-8-11(5-6-15(14)20-17(10)22)16-9-23-18(21-16)12-3-2-4-13(19)7-12/h2-10H,1H3,(H,20,22)/t10-/m0/s1. The van der Waals surface area contributed by atoms with Crippen LogP contribution in [0.1, 0.15) is 18.4 Å². The number of carbonyl (C=O) groups is 1. The molecule has 1 amide bonds. The number of carbonyl (C=O) groups excluding carboxylic acids is 1. The molecule has 0 saturated heterocycles. The lowest BCUT2D eigenvalue weighted by molar-refractivity contribution is -0.116. The van der Waals surface area contributed by atoms with E-state index in [-0.39, 0.29) is 17.6 Å². The molecule has 3 nitrogen and oxygen atoms in total. The van der Waals surface area contributed by atoms with Gasteiger partial charge in [0, 0.05) is 22.2 Å². The van der Waals surface area contributed by atoms with E-state index in [1.807, 2.05) is 36.6 Å². The molecule has 0 spiro atoms. The van der Waals surface area contributed by atoms with Gasteiger partial charge in [0.05, 0.1) is 11.6 Å². The van der Waals surface area contributed by atoms with Crippen LogP contribution in [0.5, 0.6) is 0 Å². The number of nitrogens with one attached hydrogen (secondary N) is 1. The molecule has 1 N–H and O–H groups in total. The van der Waals surface area contributed by atoms with E-state index in [0.717, 1.165) is 33.1 Å². The third-order valence-electron chi connectivity index (χ3n) is 4.04. The number of nitrogens with zero attached hydrogens (tertiary/aromatic N) is 1. The Labute approximate surface area is 136 Å². The molecule has 0 saturated carbocycles. The highest BCUT2D eigenvalue weighted by molar-refractivity contribution is 7.13. The minimum absolute atomic E-state index is 0.0240. The first-order valence-corrected chi connectivity index (χ1v) is 8.16. The molecule has 2 heterocycles. The van der Waals surface area contributed by atoms with Gasteiger partial charge in [-0.25, -0.2) is 9.37 Å². The fourth-order valence-electron chi connectivity index (χ4n) is 2.74. The van der Waals surface area contributed by atoms with E-state index in [4.69, 9.17) is 0 Å². The summed E-state index contributed by atoms with van der Waals surface area (Å²) < 4.78 is 13.4. The predicted octanol–water partition coefficient (Wildman–Crippen LogP) is 4.67. The summed E-state index contributed by atoms with van der Waals surface area (Å²) in [5, 5.41) is 5.60. The van der Waals surface area contributed by atoms with Crippen molar-refractivity contribution in [2.75, 3.05) is 5.32 Å². The van der Waals surface area contributed by atoms with E-state index in [9.17, 15) is 9.18 Å². The van der Waals surface area contributed by atoms with Crippen molar-refractivity contribution in [1.29, 1.82) is 0 Å². The lowest BCUT2D eigenvalue weighted by Gasteiger charge is -2.04. The number of fused-ring (bicyclic) bond motifs is 1. The molecule has 0 unspecified atom stereocenters. The Kier molecular flexibility index (Phi) is 3.23. The second-order valence-corrected chi connectivity index (χ2v) is 6.42.